The second-order valence-corrected chi connectivity index (χ2v) is 6.57. The van der Waals surface area contributed by atoms with Crippen molar-refractivity contribution in [1.29, 1.82) is 0 Å². The van der Waals surface area contributed by atoms with Gasteiger partial charge >= 0.3 is 10.5 Å². The maximum absolute atomic E-state index is 13.8. The Morgan fingerprint density at radius 1 is 0.682 bits per heavy atom. The van der Waals surface area contributed by atoms with Crippen LogP contribution in [0.15, 0.2) is 70.5 Å². The van der Waals surface area contributed by atoms with Crippen LogP contribution in [0.4, 0.5) is 17.6 Å². The monoisotopic (exact) mass is 346 g/mol. The number of hydrogen-bond acceptors (Lipinski definition) is 3. The Morgan fingerprint density at radius 3 is 1.32 bits per heavy atom. The second-order valence-electron chi connectivity index (χ2n) is 4.19. The third kappa shape index (κ3) is 4.27. The molecule has 0 aliphatic rings. The summed E-state index contributed by atoms with van der Waals surface area (Å²) in [7, 11) is 0. The van der Waals surface area contributed by atoms with Crippen LogP contribution < -0.4 is 0 Å². The molecular weight excluding hydrogens is 336 g/mol. The highest BCUT2D eigenvalue weighted by atomic mass is 32.2. The molecule has 116 valence electrons. The van der Waals surface area contributed by atoms with Crippen LogP contribution in [0.3, 0.4) is 0 Å². The number of hydrogen-bond donors (Lipinski definition) is 0. The molecule has 2 rings (SSSR count). The topological polar surface area (TPSA) is 17.1 Å². The highest BCUT2D eigenvalue weighted by molar-refractivity contribution is 8.02. The maximum atomic E-state index is 13.8. The van der Waals surface area contributed by atoms with Gasteiger partial charge in [-0.2, -0.15) is 17.6 Å². The van der Waals surface area contributed by atoms with Crippen molar-refractivity contribution in [1.82, 2.24) is 0 Å². The molecule has 2 aromatic rings. The van der Waals surface area contributed by atoms with Gasteiger partial charge in [-0.15, -0.1) is 0 Å². The first-order valence-electron chi connectivity index (χ1n) is 6.10. The molecule has 2 aromatic carbocycles. The van der Waals surface area contributed by atoms with Crippen LogP contribution in [0, 0.1) is 0 Å². The predicted octanol–water partition coefficient (Wildman–Crippen LogP) is 5.33. The van der Waals surface area contributed by atoms with Crippen LogP contribution in [0.2, 0.25) is 0 Å². The van der Waals surface area contributed by atoms with Gasteiger partial charge in [0.05, 0.1) is 0 Å². The summed E-state index contributed by atoms with van der Waals surface area (Å²) in [5, 5.41) is -8.43. The smallest absolute Gasteiger partial charge is 0.284 e. The van der Waals surface area contributed by atoms with Gasteiger partial charge in [-0.25, -0.2) is 0 Å². The van der Waals surface area contributed by atoms with Crippen molar-refractivity contribution in [2.45, 2.75) is 20.3 Å². The molecule has 0 aliphatic carbocycles. The zero-order valence-corrected chi connectivity index (χ0v) is 12.6. The van der Waals surface area contributed by atoms with Gasteiger partial charge in [0.2, 0.25) is 0 Å². The summed E-state index contributed by atoms with van der Waals surface area (Å²) in [5.41, 5.74) is 0. The predicted molar refractivity (Wildman–Crippen MR) is 79.5 cm³/mol. The largest absolute Gasteiger partial charge is 0.362 e. The van der Waals surface area contributed by atoms with Gasteiger partial charge in [0.1, 0.15) is 0 Å². The van der Waals surface area contributed by atoms with Crippen LogP contribution in [0.25, 0.3) is 0 Å². The molecule has 0 aromatic heterocycles. The van der Waals surface area contributed by atoms with E-state index in [-0.39, 0.29) is 33.3 Å². The molecule has 0 unspecified atom stereocenters. The van der Waals surface area contributed by atoms with Gasteiger partial charge < -0.3 is 0 Å². The van der Waals surface area contributed by atoms with Crippen molar-refractivity contribution in [3.8, 4) is 0 Å². The lowest BCUT2D eigenvalue weighted by Crippen LogP contribution is -2.38. The molecule has 0 spiro atoms. The molecule has 22 heavy (non-hydrogen) atoms. The van der Waals surface area contributed by atoms with Crippen LogP contribution in [0.5, 0.6) is 0 Å². The maximum Gasteiger partial charge on any atom is 0.362 e. The Hall–Kier alpha value is -1.47. The van der Waals surface area contributed by atoms with E-state index in [9.17, 15) is 22.4 Å². The van der Waals surface area contributed by atoms with Gasteiger partial charge in [-0.05, 0) is 47.8 Å². The lowest BCUT2D eigenvalue weighted by molar-refractivity contribution is -0.147. The lowest BCUT2D eigenvalue weighted by atomic mass is 10.4. The molecule has 0 saturated heterocycles. The number of halogens is 4. The molecule has 0 N–H and O–H groups in total. The number of ketones is 1. The first-order valence-corrected chi connectivity index (χ1v) is 7.73. The molecule has 7 heteroatoms. The minimum absolute atomic E-state index is 0.0429. The van der Waals surface area contributed by atoms with E-state index in [1.807, 2.05) is 0 Å². The molecule has 0 aliphatic heterocycles. The number of benzene rings is 2. The van der Waals surface area contributed by atoms with Crippen molar-refractivity contribution >= 4 is 29.3 Å². The van der Waals surface area contributed by atoms with E-state index in [4.69, 9.17) is 0 Å². The first-order chi connectivity index (χ1) is 10.3. The average molecular weight is 346 g/mol. The van der Waals surface area contributed by atoms with Gasteiger partial charge in [0.25, 0.3) is 5.78 Å². The Kier molecular flexibility index (Phi) is 5.18. The summed E-state index contributed by atoms with van der Waals surface area (Å²) < 4.78 is 55.3. The van der Waals surface area contributed by atoms with Gasteiger partial charge in [-0.3, -0.25) is 4.79 Å². The molecule has 0 fully saturated rings. The van der Waals surface area contributed by atoms with Gasteiger partial charge in [0, 0.05) is 9.79 Å². The minimum Gasteiger partial charge on any atom is -0.284 e. The number of carbonyl (C=O) groups is 1. The highest BCUT2D eigenvalue weighted by Crippen LogP contribution is 2.45. The molecule has 0 atom stereocenters. The molecule has 0 saturated carbocycles. The molecule has 0 amide bonds. The number of thioether (sulfide) groups is 2. The summed E-state index contributed by atoms with van der Waals surface area (Å²) in [6.07, 6.45) is 0. The van der Waals surface area contributed by atoms with Crippen LogP contribution in [-0.2, 0) is 4.79 Å². The Bertz CT molecular complexity index is 577. The molecular formula is C15H10F4OS2. The average Bonchev–Trinajstić information content (AvgIpc) is 2.47. The number of alkyl halides is 4. The van der Waals surface area contributed by atoms with E-state index in [2.05, 4.69) is 0 Å². The molecule has 0 heterocycles. The van der Waals surface area contributed by atoms with Crippen molar-refractivity contribution in [3.63, 3.8) is 0 Å². The van der Waals surface area contributed by atoms with E-state index < -0.39 is 16.3 Å². The van der Waals surface area contributed by atoms with Crippen LogP contribution in [0.1, 0.15) is 0 Å². The molecule has 0 radical (unpaired) electrons. The summed E-state index contributed by atoms with van der Waals surface area (Å²) in [6, 6.07) is 14.5. The number of rotatable bonds is 6. The molecule has 0 bridgehead atoms. The summed E-state index contributed by atoms with van der Waals surface area (Å²) in [4.78, 5) is 11.6. The zero-order chi connectivity index (χ0) is 16.2. The zero-order valence-electron chi connectivity index (χ0n) is 11.0. The fourth-order valence-corrected chi connectivity index (χ4v) is 3.22. The van der Waals surface area contributed by atoms with E-state index in [1.54, 1.807) is 12.1 Å². The standard InChI is InChI=1S/C15H10F4OS2/c16-14(17,21-11-7-3-1-4-8-11)13(20)15(18,19)22-12-9-5-2-6-10-12/h1-10H. The number of carbonyl (C=O) groups excluding carboxylic acids is 1. The normalized spacial score (nSPS) is 12.2. The molecule has 1 nitrogen and oxygen atoms in total. The third-order valence-electron chi connectivity index (χ3n) is 2.51. The summed E-state index contributed by atoms with van der Waals surface area (Å²) in [5.74, 6) is -2.41. The van der Waals surface area contributed by atoms with E-state index in [0.717, 1.165) is 0 Å². The SMILES string of the molecule is O=C(C(F)(F)Sc1ccccc1)C(F)(F)Sc1ccccc1. The third-order valence-corrected chi connectivity index (χ3v) is 4.41. The summed E-state index contributed by atoms with van der Waals surface area (Å²) >= 11 is -0.370. The minimum atomic E-state index is -4.22. The van der Waals surface area contributed by atoms with E-state index >= 15 is 0 Å². The van der Waals surface area contributed by atoms with Crippen LogP contribution >= 0.6 is 23.5 Å². The lowest BCUT2D eigenvalue weighted by Gasteiger charge is -2.20. The quantitative estimate of drug-likeness (QED) is 0.520. The fourth-order valence-electron chi connectivity index (χ4n) is 1.54. The Morgan fingerprint density at radius 2 is 1.00 bits per heavy atom. The fraction of sp³-hybridized carbons (Fsp3) is 0.133. The van der Waals surface area contributed by atoms with Crippen molar-refractivity contribution in [2.75, 3.05) is 0 Å². The van der Waals surface area contributed by atoms with Crippen molar-refractivity contribution in [2.24, 2.45) is 0 Å². The van der Waals surface area contributed by atoms with Crippen molar-refractivity contribution < 1.29 is 22.4 Å². The van der Waals surface area contributed by atoms with Gasteiger partial charge in [0.15, 0.2) is 0 Å². The van der Waals surface area contributed by atoms with Crippen molar-refractivity contribution in [3.05, 3.63) is 60.7 Å². The Balaban J connectivity index is 2.14. The van der Waals surface area contributed by atoms with Crippen LogP contribution in [-0.4, -0.2) is 16.3 Å². The highest BCUT2D eigenvalue weighted by Gasteiger charge is 2.55. The summed E-state index contributed by atoms with van der Waals surface area (Å²) in [6.45, 7) is 0. The van der Waals surface area contributed by atoms with E-state index in [0.29, 0.717) is 0 Å². The Labute approximate surface area is 133 Å². The first kappa shape index (κ1) is 16.9. The van der Waals surface area contributed by atoms with E-state index in [1.165, 1.54) is 48.5 Å². The number of Topliss-reactive ketones (excluding diaryl/α,β-unsaturated/α-hetero) is 1. The second kappa shape index (κ2) is 6.75. The van der Waals surface area contributed by atoms with Gasteiger partial charge in [-0.1, -0.05) is 36.4 Å².